The van der Waals surface area contributed by atoms with Gasteiger partial charge in [-0.05, 0) is 36.8 Å². The fourth-order valence-electron chi connectivity index (χ4n) is 1.81. The molecule has 0 spiro atoms. The van der Waals surface area contributed by atoms with Gasteiger partial charge in [0.15, 0.2) is 0 Å². The van der Waals surface area contributed by atoms with Gasteiger partial charge >= 0.3 is 0 Å². The molecule has 0 aromatic heterocycles. The number of anilines is 1. The summed E-state index contributed by atoms with van der Waals surface area (Å²) >= 11 is 11.9. The van der Waals surface area contributed by atoms with E-state index in [9.17, 15) is 5.11 Å². The molecule has 19 heavy (non-hydrogen) atoms. The van der Waals surface area contributed by atoms with Crippen LogP contribution in [0.5, 0.6) is 0 Å². The number of hydrogen-bond acceptors (Lipinski definition) is 2. The molecule has 2 N–H and O–H groups in total. The van der Waals surface area contributed by atoms with Crippen molar-refractivity contribution in [2.45, 2.75) is 13.0 Å². The van der Waals surface area contributed by atoms with Crippen LogP contribution >= 0.6 is 23.2 Å². The van der Waals surface area contributed by atoms with Crippen LogP contribution in [0.4, 0.5) is 5.69 Å². The van der Waals surface area contributed by atoms with Crippen LogP contribution in [0.1, 0.15) is 17.2 Å². The number of aliphatic hydroxyl groups excluding tert-OH is 1. The number of rotatable bonds is 4. The van der Waals surface area contributed by atoms with Crippen molar-refractivity contribution < 1.29 is 5.11 Å². The molecule has 0 radical (unpaired) electrons. The standard InChI is InChI=1S/C15H15Cl2NO/c1-10-2-5-12(6-3-10)18-15(9-19)11-4-7-13(16)14(17)8-11/h2-8,15,18-19H,9H2,1H3. The zero-order valence-electron chi connectivity index (χ0n) is 10.5. The summed E-state index contributed by atoms with van der Waals surface area (Å²) < 4.78 is 0. The van der Waals surface area contributed by atoms with Crippen LogP contribution in [0.15, 0.2) is 42.5 Å². The van der Waals surface area contributed by atoms with E-state index in [0.29, 0.717) is 10.0 Å². The van der Waals surface area contributed by atoms with Crippen LogP contribution in [-0.2, 0) is 0 Å². The molecular formula is C15H15Cl2NO. The number of hydrogen-bond donors (Lipinski definition) is 2. The Balaban J connectivity index is 2.19. The van der Waals surface area contributed by atoms with Crippen molar-refractivity contribution in [1.29, 1.82) is 0 Å². The average Bonchev–Trinajstić information content (AvgIpc) is 2.41. The van der Waals surface area contributed by atoms with Gasteiger partial charge in [-0.2, -0.15) is 0 Å². The van der Waals surface area contributed by atoms with Crippen LogP contribution in [0.2, 0.25) is 10.0 Å². The second kappa shape index (κ2) is 6.29. The highest BCUT2D eigenvalue weighted by Gasteiger charge is 2.11. The minimum Gasteiger partial charge on any atom is -0.394 e. The topological polar surface area (TPSA) is 32.3 Å². The van der Waals surface area contributed by atoms with Crippen molar-refractivity contribution in [2.75, 3.05) is 11.9 Å². The molecular weight excluding hydrogens is 281 g/mol. The molecule has 0 saturated carbocycles. The summed E-state index contributed by atoms with van der Waals surface area (Å²) in [6.45, 7) is 2.01. The lowest BCUT2D eigenvalue weighted by atomic mass is 10.1. The first-order valence-corrected chi connectivity index (χ1v) is 6.75. The number of aryl methyl sites for hydroxylation is 1. The molecule has 0 aliphatic carbocycles. The quantitative estimate of drug-likeness (QED) is 0.873. The number of benzene rings is 2. The van der Waals surface area contributed by atoms with E-state index in [-0.39, 0.29) is 12.6 Å². The molecule has 1 atom stereocenters. The zero-order valence-corrected chi connectivity index (χ0v) is 12.0. The molecule has 2 rings (SSSR count). The molecule has 0 heterocycles. The maximum atomic E-state index is 9.52. The molecule has 0 aliphatic heterocycles. The zero-order chi connectivity index (χ0) is 13.8. The van der Waals surface area contributed by atoms with Gasteiger partial charge in [0.05, 0.1) is 22.7 Å². The van der Waals surface area contributed by atoms with Gasteiger partial charge in [0.25, 0.3) is 0 Å². The fourth-order valence-corrected chi connectivity index (χ4v) is 2.12. The Morgan fingerprint density at radius 1 is 1.05 bits per heavy atom. The van der Waals surface area contributed by atoms with E-state index in [2.05, 4.69) is 5.32 Å². The molecule has 0 bridgehead atoms. The van der Waals surface area contributed by atoms with E-state index in [1.807, 2.05) is 37.3 Å². The maximum Gasteiger partial charge on any atom is 0.0745 e. The average molecular weight is 296 g/mol. The Labute approximate surface area is 123 Å². The van der Waals surface area contributed by atoms with Crippen LogP contribution in [0.25, 0.3) is 0 Å². The summed E-state index contributed by atoms with van der Waals surface area (Å²) in [4.78, 5) is 0. The lowest BCUT2D eigenvalue weighted by molar-refractivity contribution is 0.276. The molecule has 100 valence electrons. The van der Waals surface area contributed by atoms with Gasteiger partial charge in [0.2, 0.25) is 0 Å². The van der Waals surface area contributed by atoms with Gasteiger partial charge in [0, 0.05) is 5.69 Å². The Hall–Kier alpha value is -1.22. The van der Waals surface area contributed by atoms with Gasteiger partial charge in [-0.3, -0.25) is 0 Å². The molecule has 2 nitrogen and oxygen atoms in total. The van der Waals surface area contributed by atoms with Crippen molar-refractivity contribution in [3.8, 4) is 0 Å². The first kappa shape index (κ1) is 14.2. The first-order valence-electron chi connectivity index (χ1n) is 5.99. The summed E-state index contributed by atoms with van der Waals surface area (Å²) in [7, 11) is 0. The Bertz CT molecular complexity index is 555. The monoisotopic (exact) mass is 295 g/mol. The Morgan fingerprint density at radius 3 is 2.32 bits per heavy atom. The van der Waals surface area contributed by atoms with E-state index in [1.54, 1.807) is 12.1 Å². The predicted octanol–water partition coefficient (Wildman–Crippen LogP) is 4.45. The van der Waals surface area contributed by atoms with Gasteiger partial charge < -0.3 is 10.4 Å². The largest absolute Gasteiger partial charge is 0.394 e. The first-order chi connectivity index (χ1) is 9.10. The molecule has 0 saturated heterocycles. The summed E-state index contributed by atoms with van der Waals surface area (Å²) in [6.07, 6.45) is 0. The SMILES string of the molecule is Cc1ccc(NC(CO)c2ccc(Cl)c(Cl)c2)cc1. The van der Waals surface area contributed by atoms with Crippen LogP contribution in [0, 0.1) is 6.92 Å². The van der Waals surface area contributed by atoms with E-state index >= 15 is 0 Å². The van der Waals surface area contributed by atoms with Gasteiger partial charge in [-0.25, -0.2) is 0 Å². The van der Waals surface area contributed by atoms with Crippen LogP contribution in [-0.4, -0.2) is 11.7 Å². The smallest absolute Gasteiger partial charge is 0.0745 e. The maximum absolute atomic E-state index is 9.52. The van der Waals surface area contributed by atoms with Crippen molar-refractivity contribution >= 4 is 28.9 Å². The fraction of sp³-hybridized carbons (Fsp3) is 0.200. The van der Waals surface area contributed by atoms with Gasteiger partial charge in [0.1, 0.15) is 0 Å². The summed E-state index contributed by atoms with van der Waals surface area (Å²) in [6, 6.07) is 13.2. The van der Waals surface area contributed by atoms with Gasteiger partial charge in [-0.1, -0.05) is 47.0 Å². The molecule has 0 amide bonds. The van der Waals surface area contributed by atoms with E-state index in [4.69, 9.17) is 23.2 Å². The highest BCUT2D eigenvalue weighted by Crippen LogP contribution is 2.27. The summed E-state index contributed by atoms with van der Waals surface area (Å²) in [5.74, 6) is 0. The number of halogens is 2. The summed E-state index contributed by atoms with van der Waals surface area (Å²) in [5, 5.41) is 13.8. The normalized spacial score (nSPS) is 12.2. The second-order valence-corrected chi connectivity index (χ2v) is 5.23. The third kappa shape index (κ3) is 3.63. The lowest BCUT2D eigenvalue weighted by Gasteiger charge is -2.18. The lowest BCUT2D eigenvalue weighted by Crippen LogP contribution is -2.14. The van der Waals surface area contributed by atoms with Crippen LogP contribution in [0.3, 0.4) is 0 Å². The minimum atomic E-state index is -0.211. The molecule has 2 aromatic rings. The highest BCUT2D eigenvalue weighted by atomic mass is 35.5. The van der Waals surface area contributed by atoms with E-state index < -0.39 is 0 Å². The minimum absolute atomic E-state index is 0.0220. The van der Waals surface area contributed by atoms with Crippen LogP contribution < -0.4 is 5.32 Å². The third-order valence-electron chi connectivity index (χ3n) is 2.92. The number of nitrogens with one attached hydrogen (secondary N) is 1. The van der Waals surface area contributed by atoms with E-state index in [1.165, 1.54) is 5.56 Å². The van der Waals surface area contributed by atoms with Crippen molar-refractivity contribution in [3.63, 3.8) is 0 Å². The molecule has 0 aliphatic rings. The molecule has 1 unspecified atom stereocenters. The van der Waals surface area contributed by atoms with Crippen molar-refractivity contribution in [3.05, 3.63) is 63.6 Å². The van der Waals surface area contributed by atoms with Crippen molar-refractivity contribution in [2.24, 2.45) is 0 Å². The van der Waals surface area contributed by atoms with Crippen molar-refractivity contribution in [1.82, 2.24) is 0 Å². The third-order valence-corrected chi connectivity index (χ3v) is 3.66. The molecule has 0 fully saturated rings. The summed E-state index contributed by atoms with van der Waals surface area (Å²) in [5.41, 5.74) is 3.05. The van der Waals surface area contributed by atoms with E-state index in [0.717, 1.165) is 11.3 Å². The van der Waals surface area contributed by atoms with Gasteiger partial charge in [-0.15, -0.1) is 0 Å². The molecule has 4 heteroatoms. The highest BCUT2D eigenvalue weighted by molar-refractivity contribution is 6.42. The molecule has 2 aromatic carbocycles. The predicted molar refractivity (Wildman–Crippen MR) is 81.1 cm³/mol. The number of aliphatic hydroxyl groups is 1. The second-order valence-electron chi connectivity index (χ2n) is 4.42. The Kier molecular flexibility index (Phi) is 4.70. The Morgan fingerprint density at radius 2 is 1.74 bits per heavy atom.